The van der Waals surface area contributed by atoms with Gasteiger partial charge in [0, 0.05) is 12.6 Å². The first-order chi connectivity index (χ1) is 9.09. The number of hydrogen-bond acceptors (Lipinski definition) is 4. The van der Waals surface area contributed by atoms with E-state index in [0.29, 0.717) is 0 Å². The van der Waals surface area contributed by atoms with Gasteiger partial charge in [0.15, 0.2) is 6.20 Å². The lowest BCUT2D eigenvalue weighted by Gasteiger charge is -2.06. The predicted molar refractivity (Wildman–Crippen MR) is 77.3 cm³/mol. The van der Waals surface area contributed by atoms with Crippen LogP contribution in [0, 0.1) is 16.0 Å². The van der Waals surface area contributed by atoms with E-state index in [1.54, 1.807) is 6.07 Å². The smallest absolute Gasteiger partial charge is 0.363 e. The molecule has 0 spiro atoms. The normalized spacial score (nSPS) is 10.7. The lowest BCUT2D eigenvalue weighted by Crippen LogP contribution is -2.02. The highest BCUT2D eigenvalue weighted by Crippen LogP contribution is 2.12. The van der Waals surface area contributed by atoms with Gasteiger partial charge >= 0.3 is 5.82 Å². The molecule has 0 bridgehead atoms. The van der Waals surface area contributed by atoms with Gasteiger partial charge in [-0.25, -0.2) is 0 Å². The Morgan fingerprint density at radius 2 is 2.00 bits per heavy atom. The predicted octanol–water partition coefficient (Wildman–Crippen LogP) is 4.01. The number of aromatic nitrogens is 1. The molecule has 0 fully saturated rings. The van der Waals surface area contributed by atoms with Crippen LogP contribution < -0.4 is 5.32 Å². The zero-order valence-electron chi connectivity index (χ0n) is 11.8. The van der Waals surface area contributed by atoms with Crippen molar-refractivity contribution in [2.45, 2.75) is 46.0 Å². The average Bonchev–Trinajstić information content (AvgIpc) is 2.38. The summed E-state index contributed by atoms with van der Waals surface area (Å²) in [4.78, 5) is 13.7. The molecule has 106 valence electrons. The third-order valence-corrected chi connectivity index (χ3v) is 2.97. The van der Waals surface area contributed by atoms with Gasteiger partial charge in [-0.1, -0.05) is 39.5 Å². The minimum absolute atomic E-state index is 0.112. The van der Waals surface area contributed by atoms with Crippen LogP contribution in [0.3, 0.4) is 0 Å². The standard InChI is InChI=1S/C14H23N3O2/c1-12(2)7-5-3-4-6-10-15-13-8-9-14(16-11-13)17(18)19/h8-9,11-12,15H,3-7,10H2,1-2H3. The van der Waals surface area contributed by atoms with E-state index in [0.717, 1.165) is 24.6 Å². The van der Waals surface area contributed by atoms with Gasteiger partial charge in [-0.3, -0.25) is 0 Å². The number of nitrogens with zero attached hydrogens (tertiary/aromatic N) is 2. The van der Waals surface area contributed by atoms with Crippen LogP contribution in [0.5, 0.6) is 0 Å². The first kappa shape index (κ1) is 15.4. The van der Waals surface area contributed by atoms with E-state index in [1.165, 1.54) is 37.9 Å². The fourth-order valence-electron chi connectivity index (χ4n) is 1.86. The van der Waals surface area contributed by atoms with Crippen molar-refractivity contribution in [1.29, 1.82) is 0 Å². The van der Waals surface area contributed by atoms with Crippen molar-refractivity contribution < 1.29 is 4.92 Å². The number of anilines is 1. The second-order valence-corrected chi connectivity index (χ2v) is 5.19. The Bertz CT molecular complexity index is 377. The number of nitro groups is 1. The molecule has 1 N–H and O–H groups in total. The maximum atomic E-state index is 10.4. The Kier molecular flexibility index (Phi) is 6.85. The summed E-state index contributed by atoms with van der Waals surface area (Å²) in [5.41, 5.74) is 0.841. The van der Waals surface area contributed by atoms with Gasteiger partial charge in [0.2, 0.25) is 0 Å². The minimum atomic E-state index is -0.488. The van der Waals surface area contributed by atoms with Crippen LogP contribution in [0.15, 0.2) is 18.3 Å². The van der Waals surface area contributed by atoms with E-state index in [2.05, 4.69) is 24.1 Å². The van der Waals surface area contributed by atoms with E-state index in [-0.39, 0.29) is 5.82 Å². The van der Waals surface area contributed by atoms with E-state index < -0.39 is 4.92 Å². The molecule has 0 unspecified atom stereocenters. The molecule has 0 aliphatic heterocycles. The molecule has 1 aromatic rings. The van der Waals surface area contributed by atoms with Gasteiger partial charge < -0.3 is 15.4 Å². The summed E-state index contributed by atoms with van der Waals surface area (Å²) in [6.45, 7) is 5.40. The molecule has 0 aliphatic rings. The first-order valence-corrected chi connectivity index (χ1v) is 6.94. The van der Waals surface area contributed by atoms with Crippen LogP contribution in [0.1, 0.15) is 46.0 Å². The third-order valence-electron chi connectivity index (χ3n) is 2.97. The van der Waals surface area contributed by atoms with Crippen molar-refractivity contribution in [1.82, 2.24) is 4.98 Å². The Morgan fingerprint density at radius 1 is 1.26 bits per heavy atom. The number of hydrogen-bond donors (Lipinski definition) is 1. The first-order valence-electron chi connectivity index (χ1n) is 6.94. The third kappa shape index (κ3) is 6.74. The largest absolute Gasteiger partial charge is 0.382 e. The SMILES string of the molecule is CC(C)CCCCCCNc1ccc([N+](=O)[O-])nc1. The van der Waals surface area contributed by atoms with Crippen molar-refractivity contribution >= 4 is 11.5 Å². The van der Waals surface area contributed by atoms with Crippen molar-refractivity contribution in [2.75, 3.05) is 11.9 Å². The summed E-state index contributed by atoms with van der Waals surface area (Å²) >= 11 is 0. The lowest BCUT2D eigenvalue weighted by molar-refractivity contribution is -0.389. The molecule has 0 atom stereocenters. The van der Waals surface area contributed by atoms with Crippen LogP contribution in [0.4, 0.5) is 11.5 Å². The Morgan fingerprint density at radius 3 is 2.58 bits per heavy atom. The second-order valence-electron chi connectivity index (χ2n) is 5.19. The molecule has 19 heavy (non-hydrogen) atoms. The molecule has 1 rings (SSSR count). The number of pyridine rings is 1. The Balaban J connectivity index is 2.11. The molecule has 0 amide bonds. The van der Waals surface area contributed by atoms with Gasteiger partial charge in [-0.05, 0) is 28.3 Å². The molecule has 0 saturated carbocycles. The van der Waals surface area contributed by atoms with E-state index in [9.17, 15) is 10.1 Å². The molecular formula is C14H23N3O2. The number of unbranched alkanes of at least 4 members (excludes halogenated alkanes) is 3. The molecule has 5 heteroatoms. The molecule has 5 nitrogen and oxygen atoms in total. The molecule has 0 saturated heterocycles. The van der Waals surface area contributed by atoms with Crippen LogP contribution in [-0.2, 0) is 0 Å². The van der Waals surface area contributed by atoms with Crippen molar-refractivity contribution in [3.63, 3.8) is 0 Å². The molecule has 1 aromatic heterocycles. The monoisotopic (exact) mass is 265 g/mol. The van der Waals surface area contributed by atoms with E-state index in [4.69, 9.17) is 0 Å². The number of rotatable bonds is 9. The summed E-state index contributed by atoms with van der Waals surface area (Å²) in [5.74, 6) is 0.684. The quantitative estimate of drug-likeness (QED) is 0.416. The lowest BCUT2D eigenvalue weighted by atomic mass is 10.0. The Hall–Kier alpha value is -1.65. The topological polar surface area (TPSA) is 68.1 Å². The maximum absolute atomic E-state index is 10.4. The second kappa shape index (κ2) is 8.45. The fraction of sp³-hybridized carbons (Fsp3) is 0.643. The summed E-state index contributed by atoms with van der Waals surface area (Å²) in [6.07, 6.45) is 7.74. The number of nitrogens with one attached hydrogen (secondary N) is 1. The highest BCUT2D eigenvalue weighted by atomic mass is 16.6. The summed E-state index contributed by atoms with van der Waals surface area (Å²) < 4.78 is 0. The van der Waals surface area contributed by atoms with Gasteiger partial charge in [0.1, 0.15) is 0 Å². The molecule has 0 aliphatic carbocycles. The highest BCUT2D eigenvalue weighted by molar-refractivity contribution is 5.43. The summed E-state index contributed by atoms with van der Waals surface area (Å²) in [7, 11) is 0. The van der Waals surface area contributed by atoms with Gasteiger partial charge in [0.05, 0.1) is 5.69 Å². The minimum Gasteiger partial charge on any atom is -0.382 e. The van der Waals surface area contributed by atoms with Crippen molar-refractivity contribution in [2.24, 2.45) is 5.92 Å². The molecule has 0 radical (unpaired) electrons. The van der Waals surface area contributed by atoms with E-state index in [1.807, 2.05) is 0 Å². The maximum Gasteiger partial charge on any atom is 0.363 e. The van der Waals surface area contributed by atoms with Gasteiger partial charge in [-0.2, -0.15) is 0 Å². The van der Waals surface area contributed by atoms with Crippen molar-refractivity contribution in [3.05, 3.63) is 28.4 Å². The molecular weight excluding hydrogens is 242 g/mol. The summed E-state index contributed by atoms with van der Waals surface area (Å²) in [6, 6.07) is 3.12. The summed E-state index contributed by atoms with van der Waals surface area (Å²) in [5, 5.41) is 13.7. The van der Waals surface area contributed by atoms with Crippen LogP contribution in [-0.4, -0.2) is 16.5 Å². The Labute approximate surface area is 114 Å². The highest BCUT2D eigenvalue weighted by Gasteiger charge is 2.05. The molecule has 1 heterocycles. The van der Waals surface area contributed by atoms with Gasteiger partial charge in [0.25, 0.3) is 0 Å². The van der Waals surface area contributed by atoms with Crippen LogP contribution >= 0.6 is 0 Å². The molecule has 0 aromatic carbocycles. The zero-order chi connectivity index (χ0) is 14.1. The van der Waals surface area contributed by atoms with E-state index >= 15 is 0 Å². The van der Waals surface area contributed by atoms with Crippen LogP contribution in [0.25, 0.3) is 0 Å². The average molecular weight is 265 g/mol. The van der Waals surface area contributed by atoms with Crippen molar-refractivity contribution in [3.8, 4) is 0 Å². The van der Waals surface area contributed by atoms with Crippen LogP contribution in [0.2, 0.25) is 0 Å². The zero-order valence-corrected chi connectivity index (χ0v) is 11.8. The fourth-order valence-corrected chi connectivity index (χ4v) is 1.86. The van der Waals surface area contributed by atoms with Gasteiger partial charge in [-0.15, -0.1) is 0 Å².